The summed E-state index contributed by atoms with van der Waals surface area (Å²) in [5.74, 6) is 0. The number of aliphatic hydroxyl groups is 1. The van der Waals surface area contributed by atoms with Crippen LogP contribution in [0.5, 0.6) is 0 Å². The molecule has 1 fully saturated rings. The second-order valence-electron chi connectivity index (χ2n) is 5.84. The first kappa shape index (κ1) is 13.6. The third kappa shape index (κ3) is 3.19. The van der Waals surface area contributed by atoms with E-state index in [9.17, 15) is 0 Å². The number of fused-ring (bicyclic) bond motifs is 1. The minimum Gasteiger partial charge on any atom is -0.396 e. The number of imidazole rings is 1. The van der Waals surface area contributed by atoms with Gasteiger partial charge in [-0.15, -0.1) is 0 Å². The van der Waals surface area contributed by atoms with Crippen molar-refractivity contribution in [2.45, 2.75) is 45.2 Å². The standard InChI is InChI=1S/C16H23N3O/c1-13-4-7-16-17-14(12-19(16)10-13)11-18(15-5-6-15)8-2-3-9-20/h4,7,10,12,15,20H,2-3,5-6,8-9,11H2,1H3. The van der Waals surface area contributed by atoms with Crippen molar-refractivity contribution in [3.63, 3.8) is 0 Å². The Labute approximate surface area is 120 Å². The summed E-state index contributed by atoms with van der Waals surface area (Å²) in [5, 5.41) is 8.91. The van der Waals surface area contributed by atoms with Crippen molar-refractivity contribution < 1.29 is 5.11 Å². The second kappa shape index (κ2) is 5.94. The molecule has 0 aliphatic heterocycles. The largest absolute Gasteiger partial charge is 0.396 e. The summed E-state index contributed by atoms with van der Waals surface area (Å²) < 4.78 is 2.11. The minimum absolute atomic E-state index is 0.298. The number of pyridine rings is 1. The summed E-state index contributed by atoms with van der Waals surface area (Å²) in [5.41, 5.74) is 3.42. The number of aryl methyl sites for hydroxylation is 1. The fraction of sp³-hybridized carbons (Fsp3) is 0.562. The Morgan fingerprint density at radius 1 is 1.30 bits per heavy atom. The molecule has 0 amide bonds. The van der Waals surface area contributed by atoms with Crippen LogP contribution < -0.4 is 0 Å². The van der Waals surface area contributed by atoms with Gasteiger partial charge in [0, 0.05) is 31.6 Å². The monoisotopic (exact) mass is 273 g/mol. The van der Waals surface area contributed by atoms with Gasteiger partial charge in [0.15, 0.2) is 0 Å². The number of hydrogen-bond acceptors (Lipinski definition) is 3. The molecule has 1 aliphatic rings. The molecule has 0 radical (unpaired) electrons. The molecular formula is C16H23N3O. The van der Waals surface area contributed by atoms with Crippen molar-refractivity contribution in [2.24, 2.45) is 0 Å². The average Bonchev–Trinajstić information content (AvgIpc) is 3.19. The zero-order valence-corrected chi connectivity index (χ0v) is 12.1. The van der Waals surface area contributed by atoms with Gasteiger partial charge < -0.3 is 9.51 Å². The van der Waals surface area contributed by atoms with E-state index in [1.54, 1.807) is 0 Å². The first-order valence-corrected chi connectivity index (χ1v) is 7.55. The van der Waals surface area contributed by atoms with Crippen molar-refractivity contribution in [1.82, 2.24) is 14.3 Å². The molecule has 0 spiro atoms. The van der Waals surface area contributed by atoms with Gasteiger partial charge in [-0.1, -0.05) is 6.07 Å². The van der Waals surface area contributed by atoms with Crippen LogP contribution in [0.4, 0.5) is 0 Å². The van der Waals surface area contributed by atoms with Crippen LogP contribution in [0.15, 0.2) is 24.5 Å². The second-order valence-corrected chi connectivity index (χ2v) is 5.84. The SMILES string of the molecule is Cc1ccc2nc(CN(CCCCO)C3CC3)cn2c1. The zero-order chi connectivity index (χ0) is 13.9. The van der Waals surface area contributed by atoms with Crippen LogP contribution in [0, 0.1) is 6.92 Å². The van der Waals surface area contributed by atoms with Gasteiger partial charge in [0.2, 0.25) is 0 Å². The van der Waals surface area contributed by atoms with Crippen molar-refractivity contribution in [3.8, 4) is 0 Å². The lowest BCUT2D eigenvalue weighted by Gasteiger charge is -2.20. The molecule has 1 aliphatic carbocycles. The number of unbranched alkanes of at least 4 members (excludes halogenated alkanes) is 1. The first-order chi connectivity index (χ1) is 9.76. The number of aliphatic hydroxyl groups excluding tert-OH is 1. The minimum atomic E-state index is 0.298. The van der Waals surface area contributed by atoms with E-state index in [2.05, 4.69) is 40.8 Å². The Hall–Kier alpha value is -1.39. The van der Waals surface area contributed by atoms with Crippen LogP contribution >= 0.6 is 0 Å². The molecule has 0 unspecified atom stereocenters. The molecule has 20 heavy (non-hydrogen) atoms. The predicted octanol–water partition coefficient (Wildman–Crippen LogP) is 2.38. The van der Waals surface area contributed by atoms with E-state index in [1.165, 1.54) is 18.4 Å². The topological polar surface area (TPSA) is 40.8 Å². The molecule has 1 saturated carbocycles. The van der Waals surface area contributed by atoms with Gasteiger partial charge in [0.25, 0.3) is 0 Å². The molecule has 0 saturated heterocycles. The molecule has 2 aromatic heterocycles. The van der Waals surface area contributed by atoms with Crippen LogP contribution in [0.3, 0.4) is 0 Å². The van der Waals surface area contributed by atoms with Crippen LogP contribution in [0.2, 0.25) is 0 Å². The summed E-state index contributed by atoms with van der Waals surface area (Å²) in [7, 11) is 0. The highest BCUT2D eigenvalue weighted by atomic mass is 16.2. The Kier molecular flexibility index (Phi) is 4.03. The molecule has 3 rings (SSSR count). The van der Waals surface area contributed by atoms with E-state index in [-0.39, 0.29) is 0 Å². The molecule has 0 atom stereocenters. The Morgan fingerprint density at radius 3 is 2.90 bits per heavy atom. The first-order valence-electron chi connectivity index (χ1n) is 7.55. The number of hydrogen-bond donors (Lipinski definition) is 1. The van der Waals surface area contributed by atoms with E-state index in [0.29, 0.717) is 6.61 Å². The van der Waals surface area contributed by atoms with Crippen molar-refractivity contribution in [2.75, 3.05) is 13.2 Å². The number of nitrogens with zero attached hydrogens (tertiary/aromatic N) is 3. The Balaban J connectivity index is 1.69. The van der Waals surface area contributed by atoms with Crippen LogP contribution in [-0.4, -0.2) is 38.6 Å². The highest BCUT2D eigenvalue weighted by Gasteiger charge is 2.28. The zero-order valence-electron chi connectivity index (χ0n) is 12.1. The fourth-order valence-corrected chi connectivity index (χ4v) is 2.70. The number of aromatic nitrogens is 2. The predicted molar refractivity (Wildman–Crippen MR) is 79.7 cm³/mol. The number of rotatable bonds is 7. The lowest BCUT2D eigenvalue weighted by atomic mass is 10.3. The van der Waals surface area contributed by atoms with E-state index in [1.807, 2.05) is 0 Å². The van der Waals surface area contributed by atoms with Gasteiger partial charge in [-0.25, -0.2) is 4.98 Å². The summed E-state index contributed by atoms with van der Waals surface area (Å²) >= 11 is 0. The summed E-state index contributed by atoms with van der Waals surface area (Å²) in [6, 6.07) is 4.91. The van der Waals surface area contributed by atoms with Gasteiger partial charge in [-0.05, 0) is 50.8 Å². The maximum atomic E-state index is 8.91. The van der Waals surface area contributed by atoms with Gasteiger partial charge in [0.1, 0.15) is 5.65 Å². The molecule has 0 aromatic carbocycles. The molecular weight excluding hydrogens is 250 g/mol. The van der Waals surface area contributed by atoms with Crippen molar-refractivity contribution in [3.05, 3.63) is 35.8 Å². The van der Waals surface area contributed by atoms with E-state index in [0.717, 1.165) is 43.3 Å². The fourth-order valence-electron chi connectivity index (χ4n) is 2.70. The third-order valence-corrected chi connectivity index (χ3v) is 3.93. The maximum Gasteiger partial charge on any atom is 0.137 e. The van der Waals surface area contributed by atoms with Gasteiger partial charge >= 0.3 is 0 Å². The summed E-state index contributed by atoms with van der Waals surface area (Å²) in [4.78, 5) is 7.22. The molecule has 2 aromatic rings. The molecule has 4 heteroatoms. The summed E-state index contributed by atoms with van der Waals surface area (Å²) in [6.07, 6.45) is 8.85. The highest BCUT2D eigenvalue weighted by molar-refractivity contribution is 5.41. The highest BCUT2D eigenvalue weighted by Crippen LogP contribution is 2.28. The lowest BCUT2D eigenvalue weighted by Crippen LogP contribution is -2.27. The van der Waals surface area contributed by atoms with E-state index < -0.39 is 0 Å². The molecule has 0 bridgehead atoms. The van der Waals surface area contributed by atoms with Crippen molar-refractivity contribution in [1.29, 1.82) is 0 Å². The van der Waals surface area contributed by atoms with Gasteiger partial charge in [-0.3, -0.25) is 4.90 Å². The Bertz CT molecular complexity index is 574. The molecule has 2 heterocycles. The molecule has 1 N–H and O–H groups in total. The van der Waals surface area contributed by atoms with E-state index in [4.69, 9.17) is 10.1 Å². The molecule has 108 valence electrons. The third-order valence-electron chi connectivity index (χ3n) is 3.93. The van der Waals surface area contributed by atoms with Gasteiger partial charge in [-0.2, -0.15) is 0 Å². The normalized spacial score (nSPS) is 15.3. The Morgan fingerprint density at radius 2 is 2.15 bits per heavy atom. The van der Waals surface area contributed by atoms with Crippen LogP contribution in [0.1, 0.15) is 36.9 Å². The van der Waals surface area contributed by atoms with Crippen LogP contribution in [0.25, 0.3) is 5.65 Å². The van der Waals surface area contributed by atoms with Gasteiger partial charge in [0.05, 0.1) is 5.69 Å². The summed E-state index contributed by atoms with van der Waals surface area (Å²) in [6.45, 7) is 4.39. The average molecular weight is 273 g/mol. The molecule has 4 nitrogen and oxygen atoms in total. The quantitative estimate of drug-likeness (QED) is 0.787. The van der Waals surface area contributed by atoms with E-state index >= 15 is 0 Å². The maximum absolute atomic E-state index is 8.91. The smallest absolute Gasteiger partial charge is 0.137 e. The van der Waals surface area contributed by atoms with Crippen molar-refractivity contribution >= 4 is 5.65 Å². The lowest BCUT2D eigenvalue weighted by molar-refractivity contribution is 0.227. The van der Waals surface area contributed by atoms with Crippen LogP contribution in [-0.2, 0) is 6.54 Å².